The minimum atomic E-state index is 0.198. The molecule has 0 radical (unpaired) electrons. The highest BCUT2D eigenvalue weighted by atomic mass is 16.5. The van der Waals surface area contributed by atoms with E-state index in [1.807, 2.05) is 24.3 Å². The average molecular weight is 476 g/mol. The Morgan fingerprint density at radius 3 is 2.51 bits per heavy atom. The zero-order valence-electron chi connectivity index (χ0n) is 19.4. The molecule has 1 aliphatic rings. The second-order valence-electron chi connectivity index (χ2n) is 8.00. The van der Waals surface area contributed by atoms with Gasteiger partial charge in [0, 0.05) is 36.6 Å². The Morgan fingerprint density at radius 2 is 1.80 bits per heavy atom. The summed E-state index contributed by atoms with van der Waals surface area (Å²) in [6.45, 7) is 5.17. The molecule has 0 spiro atoms. The fourth-order valence-electron chi connectivity index (χ4n) is 3.76. The molecule has 0 atom stereocenters. The Morgan fingerprint density at radius 1 is 1.09 bits per heavy atom. The highest BCUT2D eigenvalue weighted by Crippen LogP contribution is 2.26. The van der Waals surface area contributed by atoms with Crippen LogP contribution < -0.4 is 21.1 Å². The molecule has 4 rings (SSSR count). The molecule has 2 heterocycles. The Kier molecular flexibility index (Phi) is 8.21. The minimum absolute atomic E-state index is 0.198. The number of anilines is 4. The first-order valence-electron chi connectivity index (χ1n) is 11.4. The maximum Gasteiger partial charge on any atom is 0.211 e. The van der Waals surface area contributed by atoms with Crippen molar-refractivity contribution in [3.63, 3.8) is 0 Å². The van der Waals surface area contributed by atoms with E-state index in [9.17, 15) is 4.79 Å². The van der Waals surface area contributed by atoms with Gasteiger partial charge in [0.2, 0.25) is 6.41 Å². The first-order chi connectivity index (χ1) is 17.1. The van der Waals surface area contributed by atoms with E-state index < -0.39 is 0 Å². The number of hydrogen-bond acceptors (Lipinski definition) is 9. The van der Waals surface area contributed by atoms with Crippen LogP contribution >= 0.6 is 0 Å². The molecule has 1 saturated heterocycles. The smallest absolute Gasteiger partial charge is 0.211 e. The van der Waals surface area contributed by atoms with Gasteiger partial charge < -0.3 is 25.8 Å². The van der Waals surface area contributed by atoms with Crippen LogP contribution in [-0.4, -0.2) is 66.4 Å². The van der Waals surface area contributed by atoms with Gasteiger partial charge in [-0.05, 0) is 55.0 Å². The SMILES string of the molecule is N=C(c1ccc(OCCCN2CCOCC2)cc1)c1c(N)ncnc1Nc1ccc(NC=O)cc1. The van der Waals surface area contributed by atoms with Crippen LogP contribution in [0.3, 0.4) is 0 Å². The van der Waals surface area contributed by atoms with Crippen molar-refractivity contribution >= 4 is 35.1 Å². The summed E-state index contributed by atoms with van der Waals surface area (Å²) in [7, 11) is 0. The molecular formula is C25H29N7O3. The number of rotatable bonds is 11. The van der Waals surface area contributed by atoms with Gasteiger partial charge in [0.15, 0.2) is 0 Å². The van der Waals surface area contributed by atoms with E-state index >= 15 is 0 Å². The molecule has 0 saturated carbocycles. The van der Waals surface area contributed by atoms with Gasteiger partial charge in [0.1, 0.15) is 23.7 Å². The fraction of sp³-hybridized carbons (Fsp3) is 0.280. The van der Waals surface area contributed by atoms with E-state index in [1.54, 1.807) is 24.3 Å². The molecule has 1 aromatic heterocycles. The number of benzene rings is 2. The number of carbonyl (C=O) groups excluding carboxylic acids is 1. The van der Waals surface area contributed by atoms with Crippen molar-refractivity contribution in [2.75, 3.05) is 55.8 Å². The Bertz CT molecular complexity index is 1130. The van der Waals surface area contributed by atoms with Gasteiger partial charge in [-0.3, -0.25) is 15.1 Å². The average Bonchev–Trinajstić information content (AvgIpc) is 2.89. The lowest BCUT2D eigenvalue weighted by Crippen LogP contribution is -2.37. The van der Waals surface area contributed by atoms with Crippen LogP contribution in [0.4, 0.5) is 23.0 Å². The third-order valence-electron chi connectivity index (χ3n) is 5.63. The van der Waals surface area contributed by atoms with Gasteiger partial charge in [-0.2, -0.15) is 0 Å². The highest BCUT2D eigenvalue weighted by Gasteiger charge is 2.17. The van der Waals surface area contributed by atoms with Gasteiger partial charge in [-0.1, -0.05) is 0 Å². The summed E-state index contributed by atoms with van der Waals surface area (Å²) in [5, 5.41) is 14.5. The van der Waals surface area contributed by atoms with Crippen molar-refractivity contribution in [3.8, 4) is 5.75 Å². The first kappa shape index (κ1) is 24.1. The predicted molar refractivity (Wildman–Crippen MR) is 136 cm³/mol. The third kappa shape index (κ3) is 6.52. The summed E-state index contributed by atoms with van der Waals surface area (Å²) in [5.74, 6) is 1.38. The van der Waals surface area contributed by atoms with Crippen LogP contribution in [0.5, 0.6) is 5.75 Å². The van der Waals surface area contributed by atoms with Crippen LogP contribution in [-0.2, 0) is 9.53 Å². The van der Waals surface area contributed by atoms with Crippen molar-refractivity contribution in [3.05, 3.63) is 66.0 Å². The summed E-state index contributed by atoms with van der Waals surface area (Å²) < 4.78 is 11.2. The molecule has 0 bridgehead atoms. The molecule has 10 heteroatoms. The van der Waals surface area contributed by atoms with E-state index in [4.69, 9.17) is 20.6 Å². The normalized spacial score (nSPS) is 13.7. The topological polar surface area (TPSA) is 138 Å². The highest BCUT2D eigenvalue weighted by molar-refractivity contribution is 6.16. The number of nitrogens with two attached hydrogens (primary N) is 1. The zero-order chi connectivity index (χ0) is 24.5. The minimum Gasteiger partial charge on any atom is -0.494 e. The van der Waals surface area contributed by atoms with Crippen LogP contribution in [0, 0.1) is 5.41 Å². The second-order valence-corrected chi connectivity index (χ2v) is 8.00. The van der Waals surface area contributed by atoms with E-state index in [0.29, 0.717) is 35.6 Å². The fourth-order valence-corrected chi connectivity index (χ4v) is 3.76. The Balaban J connectivity index is 1.39. The molecule has 2 aromatic carbocycles. The lowest BCUT2D eigenvalue weighted by molar-refractivity contribution is -0.105. The molecule has 0 unspecified atom stereocenters. The van der Waals surface area contributed by atoms with E-state index in [0.717, 1.165) is 50.7 Å². The molecule has 5 N–H and O–H groups in total. The van der Waals surface area contributed by atoms with Gasteiger partial charge in [-0.15, -0.1) is 0 Å². The summed E-state index contributed by atoms with van der Waals surface area (Å²) >= 11 is 0. The zero-order valence-corrected chi connectivity index (χ0v) is 19.4. The van der Waals surface area contributed by atoms with Gasteiger partial charge in [0.05, 0.1) is 31.1 Å². The molecule has 1 fully saturated rings. The predicted octanol–water partition coefficient (Wildman–Crippen LogP) is 2.89. The molecule has 1 amide bonds. The quantitative estimate of drug-likeness (QED) is 0.189. The molecular weight excluding hydrogens is 446 g/mol. The number of amides is 1. The summed E-state index contributed by atoms with van der Waals surface area (Å²) in [6, 6.07) is 14.5. The van der Waals surface area contributed by atoms with E-state index in [-0.39, 0.29) is 11.5 Å². The Labute approximate surface area is 204 Å². The van der Waals surface area contributed by atoms with Crippen LogP contribution in [0.25, 0.3) is 0 Å². The summed E-state index contributed by atoms with van der Waals surface area (Å²) in [4.78, 5) is 21.3. The van der Waals surface area contributed by atoms with Gasteiger partial charge >= 0.3 is 0 Å². The second kappa shape index (κ2) is 11.9. The lowest BCUT2D eigenvalue weighted by atomic mass is 10.0. The molecule has 1 aliphatic heterocycles. The summed E-state index contributed by atoms with van der Waals surface area (Å²) in [6.07, 6.45) is 2.91. The monoisotopic (exact) mass is 475 g/mol. The van der Waals surface area contributed by atoms with Crippen LogP contribution in [0.15, 0.2) is 54.9 Å². The third-order valence-corrected chi connectivity index (χ3v) is 5.63. The lowest BCUT2D eigenvalue weighted by Gasteiger charge is -2.26. The number of nitrogens with zero attached hydrogens (tertiary/aromatic N) is 3. The van der Waals surface area contributed by atoms with Gasteiger partial charge in [0.25, 0.3) is 0 Å². The standard InChI is InChI=1S/C25H29N7O3/c26-23(18-2-8-21(9-3-18)35-13-1-10-32-11-14-34-15-12-32)22-24(27)28-16-29-25(22)31-20-6-4-19(5-7-20)30-17-33/h2-9,16-17,26H,1,10-15H2,(H,30,33)(H3,27,28,29,31). The van der Waals surface area contributed by atoms with Crippen molar-refractivity contribution in [2.24, 2.45) is 0 Å². The van der Waals surface area contributed by atoms with Crippen molar-refractivity contribution in [2.45, 2.75) is 6.42 Å². The number of carbonyl (C=O) groups is 1. The number of ether oxygens (including phenoxy) is 2. The molecule has 182 valence electrons. The van der Waals surface area contributed by atoms with Crippen molar-refractivity contribution in [1.29, 1.82) is 5.41 Å². The number of aromatic nitrogens is 2. The Hall–Kier alpha value is -4.02. The number of nitrogens with one attached hydrogen (secondary N) is 3. The van der Waals surface area contributed by atoms with Gasteiger partial charge in [-0.25, -0.2) is 9.97 Å². The molecule has 3 aromatic rings. The maximum absolute atomic E-state index is 10.6. The number of morpholine rings is 1. The van der Waals surface area contributed by atoms with Crippen LogP contribution in [0.1, 0.15) is 17.5 Å². The number of nitrogen functional groups attached to an aromatic ring is 1. The number of hydrogen-bond donors (Lipinski definition) is 4. The first-order valence-corrected chi connectivity index (χ1v) is 11.4. The molecule has 0 aliphatic carbocycles. The van der Waals surface area contributed by atoms with E-state index in [2.05, 4.69) is 25.5 Å². The van der Waals surface area contributed by atoms with Crippen LogP contribution in [0.2, 0.25) is 0 Å². The maximum atomic E-state index is 10.6. The molecule has 10 nitrogen and oxygen atoms in total. The van der Waals surface area contributed by atoms with Crippen molar-refractivity contribution in [1.82, 2.24) is 14.9 Å². The molecule has 35 heavy (non-hydrogen) atoms. The summed E-state index contributed by atoms with van der Waals surface area (Å²) in [5.41, 5.74) is 8.80. The van der Waals surface area contributed by atoms with Crippen molar-refractivity contribution < 1.29 is 14.3 Å². The largest absolute Gasteiger partial charge is 0.494 e. The van der Waals surface area contributed by atoms with E-state index in [1.165, 1.54) is 6.33 Å².